The zero-order valence-electron chi connectivity index (χ0n) is 21.7. The lowest BCUT2D eigenvalue weighted by Gasteiger charge is -2.11. The van der Waals surface area contributed by atoms with Gasteiger partial charge in [0.05, 0.1) is 19.0 Å². The number of hydrogen-bond acceptors (Lipinski definition) is 6. The number of hydrogen-bond donors (Lipinski definition) is 2. The second kappa shape index (κ2) is 14.1. The summed E-state index contributed by atoms with van der Waals surface area (Å²) < 4.78 is 9.23. The number of halogens is 3. The summed E-state index contributed by atoms with van der Waals surface area (Å²) in [5.41, 5.74) is 9.11. The smallest absolute Gasteiger partial charge is 0.271 e. The molecule has 0 fully saturated rings. The van der Waals surface area contributed by atoms with Crippen LogP contribution in [0.15, 0.2) is 95.4 Å². The van der Waals surface area contributed by atoms with Crippen molar-refractivity contribution in [1.29, 1.82) is 0 Å². The standard InChI is InChI=1S/C31H23I3N4O2S/c1-19-2-12-25(13-3-19)36-31-37-28(18-41-31)22-6-8-23(9-7-22)30(39)38-35-16-21-14-26(33)29(27(34)15-21)40-17-20-4-10-24(32)11-5-20/h2-16,18H,17H2,1H3,(H,36,37)(H,38,39)/b35-16-. The Kier molecular flexibility index (Phi) is 10.3. The predicted molar refractivity (Wildman–Crippen MR) is 192 cm³/mol. The van der Waals surface area contributed by atoms with Crippen LogP contribution in [0.4, 0.5) is 10.8 Å². The third-order valence-electron chi connectivity index (χ3n) is 5.95. The zero-order chi connectivity index (χ0) is 28.8. The lowest BCUT2D eigenvalue weighted by Crippen LogP contribution is -2.17. The molecule has 0 spiro atoms. The lowest BCUT2D eigenvalue weighted by atomic mass is 10.1. The van der Waals surface area contributed by atoms with Crippen molar-refractivity contribution in [2.45, 2.75) is 13.5 Å². The number of amides is 1. The van der Waals surface area contributed by atoms with Gasteiger partial charge in [-0.3, -0.25) is 4.79 Å². The third-order valence-corrected chi connectivity index (χ3v) is 9.03. The van der Waals surface area contributed by atoms with E-state index in [0.717, 1.165) is 46.1 Å². The summed E-state index contributed by atoms with van der Waals surface area (Å²) in [6, 6.07) is 27.8. The Labute approximate surface area is 283 Å². The highest BCUT2D eigenvalue weighted by Gasteiger charge is 2.10. The molecular formula is C31H23I3N4O2S. The van der Waals surface area contributed by atoms with Crippen LogP contribution in [-0.4, -0.2) is 17.1 Å². The molecular weight excluding hydrogens is 873 g/mol. The minimum Gasteiger partial charge on any atom is -0.487 e. The highest BCUT2D eigenvalue weighted by atomic mass is 127. The van der Waals surface area contributed by atoms with Gasteiger partial charge in [0.2, 0.25) is 0 Å². The van der Waals surface area contributed by atoms with Gasteiger partial charge in [-0.1, -0.05) is 42.0 Å². The first-order chi connectivity index (χ1) is 19.8. The van der Waals surface area contributed by atoms with Crippen molar-refractivity contribution in [2.24, 2.45) is 5.10 Å². The van der Waals surface area contributed by atoms with E-state index in [1.165, 1.54) is 20.5 Å². The molecule has 0 aliphatic heterocycles. The topological polar surface area (TPSA) is 75.6 Å². The largest absolute Gasteiger partial charge is 0.487 e. The SMILES string of the molecule is Cc1ccc(Nc2nc(-c3ccc(C(=O)N/N=C\c4cc(I)c(OCc5ccc(I)cc5)c(I)c4)cc3)cs2)cc1. The van der Waals surface area contributed by atoms with Crippen molar-refractivity contribution >= 4 is 102 Å². The van der Waals surface area contributed by atoms with Crippen LogP contribution in [0.1, 0.15) is 27.0 Å². The van der Waals surface area contributed by atoms with Crippen LogP contribution >= 0.6 is 79.1 Å². The van der Waals surface area contributed by atoms with Crippen LogP contribution in [0.25, 0.3) is 11.3 Å². The summed E-state index contributed by atoms with van der Waals surface area (Å²) in [6.07, 6.45) is 1.64. The molecule has 1 amide bonds. The summed E-state index contributed by atoms with van der Waals surface area (Å²) in [5.74, 6) is 0.555. The van der Waals surface area contributed by atoms with Gasteiger partial charge in [-0.25, -0.2) is 10.4 Å². The fraction of sp³-hybridized carbons (Fsp3) is 0.0645. The van der Waals surface area contributed by atoms with Crippen molar-refractivity contribution < 1.29 is 9.53 Å². The highest BCUT2D eigenvalue weighted by molar-refractivity contribution is 14.1. The van der Waals surface area contributed by atoms with Gasteiger partial charge in [-0.15, -0.1) is 11.3 Å². The fourth-order valence-electron chi connectivity index (χ4n) is 3.77. The highest BCUT2D eigenvalue weighted by Crippen LogP contribution is 2.30. The van der Waals surface area contributed by atoms with Gasteiger partial charge in [0.1, 0.15) is 12.4 Å². The first kappa shape index (κ1) is 29.9. The number of carbonyl (C=O) groups is 1. The van der Waals surface area contributed by atoms with Crippen molar-refractivity contribution in [2.75, 3.05) is 5.32 Å². The van der Waals surface area contributed by atoms with E-state index in [0.29, 0.717) is 12.2 Å². The van der Waals surface area contributed by atoms with E-state index >= 15 is 0 Å². The zero-order valence-corrected chi connectivity index (χ0v) is 29.0. The van der Waals surface area contributed by atoms with Crippen LogP contribution in [-0.2, 0) is 6.61 Å². The maximum Gasteiger partial charge on any atom is 0.271 e. The van der Waals surface area contributed by atoms with Crippen LogP contribution in [0.2, 0.25) is 0 Å². The van der Waals surface area contributed by atoms with Crippen LogP contribution in [0.5, 0.6) is 5.75 Å². The maximum absolute atomic E-state index is 12.7. The van der Waals surface area contributed by atoms with Gasteiger partial charge in [0, 0.05) is 25.8 Å². The molecule has 1 heterocycles. The molecule has 5 rings (SSSR count). The first-order valence-corrected chi connectivity index (χ1v) is 16.5. The molecule has 0 radical (unpaired) electrons. The van der Waals surface area contributed by atoms with E-state index in [9.17, 15) is 4.79 Å². The molecule has 0 aliphatic carbocycles. The van der Waals surface area contributed by atoms with E-state index in [-0.39, 0.29) is 5.91 Å². The molecule has 0 unspecified atom stereocenters. The van der Waals surface area contributed by atoms with Crippen LogP contribution in [0, 0.1) is 17.6 Å². The number of anilines is 2. The second-order valence-corrected chi connectivity index (χ2v) is 13.5. The minimum atomic E-state index is -0.283. The van der Waals surface area contributed by atoms with E-state index in [2.05, 4.69) is 132 Å². The molecule has 0 bridgehead atoms. The van der Waals surface area contributed by atoms with E-state index in [1.54, 1.807) is 18.3 Å². The molecule has 0 atom stereocenters. The molecule has 4 aromatic carbocycles. The van der Waals surface area contributed by atoms with Gasteiger partial charge >= 0.3 is 0 Å². The molecule has 6 nitrogen and oxygen atoms in total. The van der Waals surface area contributed by atoms with Gasteiger partial charge in [0.25, 0.3) is 5.91 Å². The number of aromatic nitrogens is 1. The first-order valence-electron chi connectivity index (χ1n) is 12.4. The molecule has 1 aromatic heterocycles. The Morgan fingerprint density at radius 2 is 1.63 bits per heavy atom. The summed E-state index contributed by atoms with van der Waals surface area (Å²) in [6.45, 7) is 2.56. The van der Waals surface area contributed by atoms with Gasteiger partial charge in [-0.05, 0) is 134 Å². The number of nitrogens with one attached hydrogen (secondary N) is 2. The quantitative estimate of drug-likeness (QED) is 0.0881. The Balaban J connectivity index is 1.16. The monoisotopic (exact) mass is 896 g/mol. The van der Waals surface area contributed by atoms with Crippen molar-refractivity contribution in [1.82, 2.24) is 10.4 Å². The average Bonchev–Trinajstić information content (AvgIpc) is 3.43. The van der Waals surface area contributed by atoms with Crippen molar-refractivity contribution in [3.05, 3.63) is 123 Å². The normalized spacial score (nSPS) is 11.0. The lowest BCUT2D eigenvalue weighted by molar-refractivity contribution is 0.0955. The van der Waals surface area contributed by atoms with E-state index < -0.39 is 0 Å². The minimum absolute atomic E-state index is 0.283. The Morgan fingerprint density at radius 3 is 2.32 bits per heavy atom. The maximum atomic E-state index is 12.7. The molecule has 41 heavy (non-hydrogen) atoms. The van der Waals surface area contributed by atoms with E-state index in [4.69, 9.17) is 4.74 Å². The average molecular weight is 896 g/mol. The number of aryl methyl sites for hydroxylation is 1. The number of thiazole rings is 1. The molecule has 0 saturated heterocycles. The Bertz CT molecular complexity index is 1660. The second-order valence-electron chi connectivity index (χ2n) is 9.03. The molecule has 0 aliphatic rings. The fourth-order valence-corrected chi connectivity index (χ4v) is 7.00. The molecule has 2 N–H and O–H groups in total. The summed E-state index contributed by atoms with van der Waals surface area (Å²) in [5, 5.41) is 10.3. The summed E-state index contributed by atoms with van der Waals surface area (Å²) in [4.78, 5) is 17.4. The number of carbonyl (C=O) groups excluding carboxylic acids is 1. The number of benzene rings is 4. The number of rotatable bonds is 9. The Morgan fingerprint density at radius 1 is 0.951 bits per heavy atom. The summed E-state index contributed by atoms with van der Waals surface area (Å²) in [7, 11) is 0. The van der Waals surface area contributed by atoms with Crippen LogP contribution in [0.3, 0.4) is 0 Å². The van der Waals surface area contributed by atoms with Crippen molar-refractivity contribution in [3.8, 4) is 17.0 Å². The van der Waals surface area contributed by atoms with Gasteiger partial charge in [-0.2, -0.15) is 5.10 Å². The summed E-state index contributed by atoms with van der Waals surface area (Å²) >= 11 is 8.35. The molecule has 0 saturated carbocycles. The van der Waals surface area contributed by atoms with E-state index in [1.807, 2.05) is 41.8 Å². The predicted octanol–water partition coefficient (Wildman–Crippen LogP) is 9.02. The molecule has 206 valence electrons. The van der Waals surface area contributed by atoms with Gasteiger partial charge < -0.3 is 10.1 Å². The van der Waals surface area contributed by atoms with Crippen LogP contribution < -0.4 is 15.5 Å². The molecule has 10 heteroatoms. The number of nitrogens with zero attached hydrogens (tertiary/aromatic N) is 2. The number of ether oxygens (including phenoxy) is 1. The van der Waals surface area contributed by atoms with Gasteiger partial charge in [0.15, 0.2) is 5.13 Å². The third kappa shape index (κ3) is 8.26. The Hall–Kier alpha value is -2.56. The molecule has 5 aromatic rings. The van der Waals surface area contributed by atoms with Crippen molar-refractivity contribution in [3.63, 3.8) is 0 Å². The number of hydrazone groups is 1.